The third-order valence-electron chi connectivity index (χ3n) is 4.25. The summed E-state index contributed by atoms with van der Waals surface area (Å²) >= 11 is 0. The van der Waals surface area contributed by atoms with Gasteiger partial charge in [0.05, 0.1) is 5.69 Å². The molecular formula is C17H28FN3. The third-order valence-corrected chi connectivity index (χ3v) is 4.25. The molecule has 3 nitrogen and oxygen atoms in total. The molecule has 1 aliphatic heterocycles. The summed E-state index contributed by atoms with van der Waals surface area (Å²) in [5.74, 6) is -0.111. The van der Waals surface area contributed by atoms with E-state index in [2.05, 4.69) is 35.9 Å². The van der Waals surface area contributed by atoms with Gasteiger partial charge in [0.15, 0.2) is 0 Å². The molecule has 1 aromatic carbocycles. The van der Waals surface area contributed by atoms with Crippen LogP contribution in [0.5, 0.6) is 0 Å². The highest BCUT2D eigenvalue weighted by molar-refractivity contribution is 5.47. The fourth-order valence-corrected chi connectivity index (χ4v) is 2.88. The molecule has 0 bridgehead atoms. The summed E-state index contributed by atoms with van der Waals surface area (Å²) in [4.78, 5) is 4.67. The van der Waals surface area contributed by atoms with Crippen LogP contribution in [-0.2, 0) is 0 Å². The molecule has 1 heterocycles. The van der Waals surface area contributed by atoms with Gasteiger partial charge in [-0.1, -0.05) is 26.0 Å². The average Bonchev–Trinajstić information content (AvgIpc) is 2.47. The van der Waals surface area contributed by atoms with Crippen LogP contribution in [0, 0.1) is 5.82 Å². The minimum Gasteiger partial charge on any atom is -0.367 e. The molecule has 0 amide bonds. The fraction of sp³-hybridized carbons (Fsp3) is 0.647. The summed E-state index contributed by atoms with van der Waals surface area (Å²) in [6.07, 6.45) is 1.16. The number of hydrogen-bond acceptors (Lipinski definition) is 3. The smallest absolute Gasteiger partial charge is 0.146 e. The number of halogens is 1. The van der Waals surface area contributed by atoms with Gasteiger partial charge in [-0.25, -0.2) is 4.39 Å². The molecule has 4 heteroatoms. The van der Waals surface area contributed by atoms with E-state index < -0.39 is 0 Å². The van der Waals surface area contributed by atoms with Crippen LogP contribution in [0.2, 0.25) is 0 Å². The molecule has 1 aliphatic rings. The van der Waals surface area contributed by atoms with Crippen molar-refractivity contribution in [2.24, 2.45) is 0 Å². The van der Waals surface area contributed by atoms with E-state index in [4.69, 9.17) is 0 Å². The molecular weight excluding hydrogens is 265 g/mol. The first kappa shape index (κ1) is 16.2. The van der Waals surface area contributed by atoms with Gasteiger partial charge in [-0.05, 0) is 32.0 Å². The maximum Gasteiger partial charge on any atom is 0.146 e. The van der Waals surface area contributed by atoms with Crippen molar-refractivity contribution in [1.29, 1.82) is 0 Å². The molecule has 1 fully saturated rings. The lowest BCUT2D eigenvalue weighted by molar-refractivity contribution is 0.187. The Morgan fingerprint density at radius 2 is 1.76 bits per heavy atom. The normalized spacial score (nSPS) is 18.2. The summed E-state index contributed by atoms with van der Waals surface area (Å²) in [5.41, 5.74) is 0.742. The summed E-state index contributed by atoms with van der Waals surface area (Å²) in [6.45, 7) is 11.5. The highest BCUT2D eigenvalue weighted by atomic mass is 19.1. The fourth-order valence-electron chi connectivity index (χ4n) is 2.88. The second-order valence-corrected chi connectivity index (χ2v) is 6.22. The zero-order chi connectivity index (χ0) is 15.2. The van der Waals surface area contributed by atoms with E-state index in [1.54, 1.807) is 12.1 Å². The predicted octanol–water partition coefficient (Wildman–Crippen LogP) is 2.72. The Labute approximate surface area is 128 Å². The largest absolute Gasteiger partial charge is 0.367 e. The number of nitrogens with one attached hydrogen (secondary N) is 1. The number of para-hydroxylation sites is 1. The molecule has 0 aromatic heterocycles. The van der Waals surface area contributed by atoms with E-state index in [9.17, 15) is 4.39 Å². The molecule has 21 heavy (non-hydrogen) atoms. The zero-order valence-electron chi connectivity index (χ0n) is 13.5. The predicted molar refractivity (Wildman–Crippen MR) is 87.4 cm³/mol. The van der Waals surface area contributed by atoms with Crippen LogP contribution in [0.3, 0.4) is 0 Å². The van der Waals surface area contributed by atoms with Gasteiger partial charge in [0.1, 0.15) is 5.82 Å². The Morgan fingerprint density at radius 1 is 1.10 bits per heavy atom. The van der Waals surface area contributed by atoms with Gasteiger partial charge in [0.25, 0.3) is 0 Å². The van der Waals surface area contributed by atoms with Crippen molar-refractivity contribution < 1.29 is 4.39 Å². The quantitative estimate of drug-likeness (QED) is 0.870. The second kappa shape index (κ2) is 7.76. The molecule has 1 aromatic rings. The number of anilines is 1. The molecule has 0 saturated carbocycles. The molecule has 2 rings (SSSR count). The van der Waals surface area contributed by atoms with E-state index in [0.29, 0.717) is 12.1 Å². The van der Waals surface area contributed by atoms with Crippen molar-refractivity contribution in [2.45, 2.75) is 39.3 Å². The number of benzene rings is 1. The molecule has 118 valence electrons. The van der Waals surface area contributed by atoms with Crippen LogP contribution < -0.4 is 10.2 Å². The van der Waals surface area contributed by atoms with Crippen molar-refractivity contribution >= 4 is 5.69 Å². The van der Waals surface area contributed by atoms with Crippen molar-refractivity contribution in [3.63, 3.8) is 0 Å². The Hall–Kier alpha value is -1.13. The van der Waals surface area contributed by atoms with E-state index in [-0.39, 0.29) is 5.82 Å². The number of hydrogen-bond donors (Lipinski definition) is 1. The first-order chi connectivity index (χ1) is 10.1. The SMILES string of the molecule is CC(C)NCCC(C)N1CCN(c2ccccc2F)CC1. The summed E-state index contributed by atoms with van der Waals surface area (Å²) in [6, 6.07) is 8.21. The highest BCUT2D eigenvalue weighted by Crippen LogP contribution is 2.21. The minimum absolute atomic E-state index is 0.111. The van der Waals surface area contributed by atoms with Crippen LogP contribution >= 0.6 is 0 Å². The molecule has 0 radical (unpaired) electrons. The van der Waals surface area contributed by atoms with Crippen molar-refractivity contribution in [2.75, 3.05) is 37.6 Å². The van der Waals surface area contributed by atoms with Crippen LogP contribution in [-0.4, -0.2) is 49.7 Å². The summed E-state index contributed by atoms with van der Waals surface area (Å²) in [7, 11) is 0. The molecule has 1 unspecified atom stereocenters. The van der Waals surface area contributed by atoms with E-state index >= 15 is 0 Å². The van der Waals surface area contributed by atoms with Crippen LogP contribution in [0.1, 0.15) is 27.2 Å². The van der Waals surface area contributed by atoms with E-state index in [1.165, 1.54) is 0 Å². The second-order valence-electron chi connectivity index (χ2n) is 6.22. The van der Waals surface area contributed by atoms with Crippen molar-refractivity contribution in [3.05, 3.63) is 30.1 Å². The van der Waals surface area contributed by atoms with Crippen molar-refractivity contribution in [1.82, 2.24) is 10.2 Å². The lowest BCUT2D eigenvalue weighted by atomic mass is 10.1. The zero-order valence-corrected chi connectivity index (χ0v) is 13.5. The monoisotopic (exact) mass is 293 g/mol. The highest BCUT2D eigenvalue weighted by Gasteiger charge is 2.22. The maximum atomic E-state index is 13.8. The molecule has 0 spiro atoms. The number of nitrogens with zero attached hydrogens (tertiary/aromatic N) is 2. The Morgan fingerprint density at radius 3 is 2.38 bits per heavy atom. The van der Waals surface area contributed by atoms with E-state index in [1.807, 2.05) is 12.1 Å². The first-order valence-corrected chi connectivity index (χ1v) is 8.05. The Bertz CT molecular complexity index is 428. The van der Waals surface area contributed by atoms with Gasteiger partial charge in [0, 0.05) is 38.3 Å². The van der Waals surface area contributed by atoms with Gasteiger partial charge in [-0.2, -0.15) is 0 Å². The van der Waals surface area contributed by atoms with Crippen LogP contribution in [0.25, 0.3) is 0 Å². The molecule has 0 aliphatic carbocycles. The van der Waals surface area contributed by atoms with Crippen molar-refractivity contribution in [3.8, 4) is 0 Å². The third kappa shape index (κ3) is 4.68. The average molecular weight is 293 g/mol. The van der Waals surface area contributed by atoms with Gasteiger partial charge in [0.2, 0.25) is 0 Å². The van der Waals surface area contributed by atoms with Gasteiger partial charge < -0.3 is 10.2 Å². The molecule has 1 N–H and O–H groups in total. The van der Waals surface area contributed by atoms with Gasteiger partial charge in [-0.3, -0.25) is 4.90 Å². The molecule has 1 atom stereocenters. The minimum atomic E-state index is -0.111. The van der Waals surface area contributed by atoms with Gasteiger partial charge in [-0.15, -0.1) is 0 Å². The molecule has 1 saturated heterocycles. The maximum absolute atomic E-state index is 13.8. The summed E-state index contributed by atoms with van der Waals surface area (Å²) < 4.78 is 13.8. The van der Waals surface area contributed by atoms with E-state index in [0.717, 1.165) is 44.8 Å². The summed E-state index contributed by atoms with van der Waals surface area (Å²) in [5, 5.41) is 3.47. The first-order valence-electron chi connectivity index (χ1n) is 8.05. The number of rotatable bonds is 6. The Kier molecular flexibility index (Phi) is 6.00. The Balaban J connectivity index is 1.79. The number of piperazine rings is 1. The van der Waals surface area contributed by atoms with Gasteiger partial charge >= 0.3 is 0 Å². The lowest BCUT2D eigenvalue weighted by Gasteiger charge is -2.39. The topological polar surface area (TPSA) is 18.5 Å². The standard InChI is InChI=1S/C17H28FN3/c1-14(2)19-9-8-15(3)20-10-12-21(13-11-20)17-7-5-4-6-16(17)18/h4-7,14-15,19H,8-13H2,1-3H3. The lowest BCUT2D eigenvalue weighted by Crippen LogP contribution is -2.50. The van der Waals surface area contributed by atoms with Crippen LogP contribution in [0.4, 0.5) is 10.1 Å². The van der Waals surface area contributed by atoms with Crippen LogP contribution in [0.15, 0.2) is 24.3 Å².